The van der Waals surface area contributed by atoms with E-state index in [1.54, 1.807) is 16.4 Å². The molecule has 1 aliphatic heterocycles. The normalized spacial score (nSPS) is 17.5. The number of aryl methyl sites for hydroxylation is 2. The Morgan fingerprint density at radius 2 is 1.68 bits per heavy atom. The molecule has 0 bridgehead atoms. The molecule has 7 heteroatoms. The fourth-order valence-electron chi connectivity index (χ4n) is 4.37. The number of sulfonamides is 1. The van der Waals surface area contributed by atoms with E-state index < -0.39 is 10.0 Å². The summed E-state index contributed by atoms with van der Waals surface area (Å²) in [4.78, 5) is 19.1. The van der Waals surface area contributed by atoms with Crippen LogP contribution in [0.2, 0.25) is 0 Å². The van der Waals surface area contributed by atoms with Gasteiger partial charge in [0.15, 0.2) is 5.78 Å². The molecule has 1 aliphatic rings. The van der Waals surface area contributed by atoms with Gasteiger partial charge in [0.2, 0.25) is 10.0 Å². The lowest BCUT2D eigenvalue weighted by Crippen LogP contribution is -2.42. The lowest BCUT2D eigenvalue weighted by atomic mass is 10.0. The van der Waals surface area contributed by atoms with Crippen LogP contribution in [0, 0.1) is 13.8 Å². The first-order chi connectivity index (χ1) is 14.8. The van der Waals surface area contributed by atoms with E-state index in [0.717, 1.165) is 27.7 Å². The third-order valence-corrected chi connectivity index (χ3v) is 8.13. The van der Waals surface area contributed by atoms with Gasteiger partial charge in [0.25, 0.3) is 0 Å². The van der Waals surface area contributed by atoms with Gasteiger partial charge in [-0.2, -0.15) is 4.31 Å². The quantitative estimate of drug-likeness (QED) is 0.615. The predicted octanol–water partition coefficient (Wildman–Crippen LogP) is 3.75. The molecule has 164 valence electrons. The van der Waals surface area contributed by atoms with Crippen molar-refractivity contribution in [1.82, 2.24) is 14.2 Å². The fraction of sp³-hybridized carbons (Fsp3) is 0.375. The zero-order chi connectivity index (χ0) is 22.2. The van der Waals surface area contributed by atoms with Crippen LogP contribution in [0.1, 0.15) is 35.0 Å². The van der Waals surface area contributed by atoms with Crippen LogP contribution in [-0.2, 0) is 10.0 Å². The minimum Gasteiger partial charge on any atom is -0.358 e. The second kappa shape index (κ2) is 8.57. The van der Waals surface area contributed by atoms with E-state index in [0.29, 0.717) is 37.5 Å². The SMILES string of the molecule is Cc1ccc(S(=O)(=O)N2CCCN(C(C)C(=O)c3c(C)[nH]c4ccccc34)CC2)cc1. The zero-order valence-corrected chi connectivity index (χ0v) is 19.1. The second-order valence-electron chi connectivity index (χ2n) is 8.32. The highest BCUT2D eigenvalue weighted by atomic mass is 32.2. The van der Waals surface area contributed by atoms with Gasteiger partial charge in [-0.05, 0) is 45.4 Å². The Kier molecular flexibility index (Phi) is 6.01. The smallest absolute Gasteiger partial charge is 0.243 e. The third-order valence-electron chi connectivity index (χ3n) is 6.22. The molecular formula is C24H29N3O3S. The number of aromatic amines is 1. The molecule has 6 nitrogen and oxygen atoms in total. The van der Waals surface area contributed by atoms with Gasteiger partial charge in [-0.3, -0.25) is 9.69 Å². The maximum Gasteiger partial charge on any atom is 0.243 e. The number of Topliss-reactive ketones (excluding diaryl/α,β-unsaturated/α-hetero) is 1. The summed E-state index contributed by atoms with van der Waals surface area (Å²) >= 11 is 0. The molecule has 3 aromatic rings. The van der Waals surface area contributed by atoms with Crippen molar-refractivity contribution in [2.75, 3.05) is 26.2 Å². The first-order valence-corrected chi connectivity index (χ1v) is 12.2. The number of fused-ring (bicyclic) bond motifs is 1. The number of nitrogens with zero attached hydrogens (tertiary/aromatic N) is 2. The lowest BCUT2D eigenvalue weighted by molar-refractivity contribution is 0.0846. The van der Waals surface area contributed by atoms with Crippen molar-refractivity contribution in [2.24, 2.45) is 0 Å². The van der Waals surface area contributed by atoms with Crippen molar-refractivity contribution in [3.05, 3.63) is 65.4 Å². The maximum absolute atomic E-state index is 13.4. The molecule has 1 saturated heterocycles. The van der Waals surface area contributed by atoms with Crippen molar-refractivity contribution in [3.8, 4) is 0 Å². The van der Waals surface area contributed by atoms with E-state index in [-0.39, 0.29) is 11.8 Å². The zero-order valence-electron chi connectivity index (χ0n) is 18.3. The van der Waals surface area contributed by atoms with Gasteiger partial charge in [-0.1, -0.05) is 35.9 Å². The van der Waals surface area contributed by atoms with E-state index >= 15 is 0 Å². The predicted molar refractivity (Wildman–Crippen MR) is 123 cm³/mol. The Morgan fingerprint density at radius 3 is 2.42 bits per heavy atom. The summed E-state index contributed by atoms with van der Waals surface area (Å²) in [5.74, 6) is 0.0739. The fourth-order valence-corrected chi connectivity index (χ4v) is 5.84. The Bertz CT molecular complexity index is 1200. The number of hydrogen-bond donors (Lipinski definition) is 1. The highest BCUT2D eigenvalue weighted by Gasteiger charge is 2.31. The number of ketones is 1. The molecule has 0 aliphatic carbocycles. The summed E-state index contributed by atoms with van der Waals surface area (Å²) < 4.78 is 27.7. The summed E-state index contributed by atoms with van der Waals surface area (Å²) in [7, 11) is -3.53. The van der Waals surface area contributed by atoms with Crippen LogP contribution in [-0.4, -0.2) is 60.6 Å². The van der Waals surface area contributed by atoms with Gasteiger partial charge in [0.1, 0.15) is 0 Å². The number of para-hydroxylation sites is 1. The number of benzene rings is 2. The van der Waals surface area contributed by atoms with Gasteiger partial charge < -0.3 is 4.98 Å². The molecule has 31 heavy (non-hydrogen) atoms. The van der Waals surface area contributed by atoms with Gasteiger partial charge in [-0.25, -0.2) is 8.42 Å². The van der Waals surface area contributed by atoms with Crippen LogP contribution in [0.5, 0.6) is 0 Å². The van der Waals surface area contributed by atoms with Crippen LogP contribution in [0.25, 0.3) is 10.9 Å². The Labute approximate surface area is 183 Å². The van der Waals surface area contributed by atoms with Crippen LogP contribution in [0.15, 0.2) is 53.4 Å². The van der Waals surface area contributed by atoms with Crippen LogP contribution in [0.4, 0.5) is 0 Å². The van der Waals surface area contributed by atoms with Crippen LogP contribution < -0.4 is 0 Å². The summed E-state index contributed by atoms with van der Waals surface area (Å²) in [6, 6.07) is 14.5. The number of carbonyl (C=O) groups excluding carboxylic acids is 1. The van der Waals surface area contributed by atoms with Crippen molar-refractivity contribution in [2.45, 2.75) is 38.1 Å². The Balaban J connectivity index is 1.51. The molecule has 1 fully saturated rings. The molecule has 2 aromatic carbocycles. The Hall–Kier alpha value is -2.48. The molecule has 0 amide bonds. The van der Waals surface area contributed by atoms with Gasteiger partial charge in [0.05, 0.1) is 10.9 Å². The highest BCUT2D eigenvalue weighted by molar-refractivity contribution is 7.89. The number of nitrogens with one attached hydrogen (secondary N) is 1. The minimum atomic E-state index is -3.53. The van der Waals surface area contributed by atoms with Gasteiger partial charge >= 0.3 is 0 Å². The van der Waals surface area contributed by atoms with Gasteiger partial charge in [-0.15, -0.1) is 0 Å². The number of H-pyrrole nitrogens is 1. The van der Waals surface area contributed by atoms with E-state index in [1.807, 2.05) is 57.2 Å². The number of rotatable bonds is 5. The minimum absolute atomic E-state index is 0.0739. The average molecular weight is 440 g/mol. The molecule has 1 unspecified atom stereocenters. The number of hydrogen-bond acceptors (Lipinski definition) is 4. The molecule has 0 radical (unpaired) electrons. The molecule has 1 N–H and O–H groups in total. The van der Waals surface area contributed by atoms with E-state index in [1.165, 1.54) is 0 Å². The number of aromatic nitrogens is 1. The topological polar surface area (TPSA) is 73.5 Å². The van der Waals surface area contributed by atoms with Crippen molar-refractivity contribution < 1.29 is 13.2 Å². The highest BCUT2D eigenvalue weighted by Crippen LogP contribution is 2.25. The first kappa shape index (κ1) is 21.7. The van der Waals surface area contributed by atoms with Crippen molar-refractivity contribution >= 4 is 26.7 Å². The standard InChI is InChI=1S/C24H29N3O3S/c1-17-9-11-20(12-10-17)31(29,30)27-14-6-13-26(15-16-27)19(3)24(28)23-18(2)25-22-8-5-4-7-21(22)23/h4-5,7-12,19,25H,6,13-16H2,1-3H3. The molecular weight excluding hydrogens is 410 g/mol. The summed E-state index contributed by atoms with van der Waals surface area (Å²) in [5, 5.41) is 0.940. The second-order valence-corrected chi connectivity index (χ2v) is 10.3. The van der Waals surface area contributed by atoms with E-state index in [9.17, 15) is 13.2 Å². The Morgan fingerprint density at radius 1 is 0.968 bits per heavy atom. The maximum atomic E-state index is 13.4. The van der Waals surface area contributed by atoms with Gasteiger partial charge in [0, 0.05) is 48.3 Å². The first-order valence-electron chi connectivity index (χ1n) is 10.7. The third kappa shape index (κ3) is 4.18. The van der Waals surface area contributed by atoms with Crippen molar-refractivity contribution in [3.63, 3.8) is 0 Å². The van der Waals surface area contributed by atoms with Crippen molar-refractivity contribution in [1.29, 1.82) is 0 Å². The lowest BCUT2D eigenvalue weighted by Gasteiger charge is -2.27. The largest absolute Gasteiger partial charge is 0.358 e. The molecule has 1 atom stereocenters. The van der Waals surface area contributed by atoms with Crippen LogP contribution in [0.3, 0.4) is 0 Å². The molecule has 1 aromatic heterocycles. The summed E-state index contributed by atoms with van der Waals surface area (Å²) in [6.07, 6.45) is 0.690. The summed E-state index contributed by atoms with van der Waals surface area (Å²) in [5.41, 5.74) is 3.59. The molecule has 0 saturated carbocycles. The molecule has 0 spiro atoms. The van der Waals surface area contributed by atoms with E-state index in [4.69, 9.17) is 0 Å². The monoisotopic (exact) mass is 439 g/mol. The molecule has 4 rings (SSSR count). The summed E-state index contributed by atoms with van der Waals surface area (Å²) in [6.45, 7) is 7.84. The van der Waals surface area contributed by atoms with Crippen LogP contribution >= 0.6 is 0 Å². The van der Waals surface area contributed by atoms with E-state index in [2.05, 4.69) is 9.88 Å². The number of carbonyl (C=O) groups is 1. The average Bonchev–Trinajstić information content (AvgIpc) is 2.91. The molecule has 2 heterocycles.